The number of rotatable bonds is 5. The number of aromatic nitrogens is 2. The molecule has 124 valence electrons. The van der Waals surface area contributed by atoms with Crippen LogP contribution in [-0.2, 0) is 6.54 Å². The second kappa shape index (κ2) is 6.78. The molecule has 2 aromatic carbocycles. The van der Waals surface area contributed by atoms with Crippen LogP contribution in [0.2, 0.25) is 0 Å². The zero-order valence-corrected chi connectivity index (χ0v) is 13.4. The molecule has 0 saturated heterocycles. The first-order valence-corrected chi connectivity index (χ1v) is 7.64. The van der Waals surface area contributed by atoms with E-state index in [1.54, 1.807) is 0 Å². The zero-order valence-electron chi connectivity index (χ0n) is 13.4. The van der Waals surface area contributed by atoms with Crippen LogP contribution >= 0.6 is 0 Å². The van der Waals surface area contributed by atoms with Gasteiger partial charge in [0.05, 0.1) is 6.54 Å². The summed E-state index contributed by atoms with van der Waals surface area (Å²) in [6.07, 6.45) is 0. The Morgan fingerprint density at radius 2 is 1.71 bits per heavy atom. The Labute approximate surface area is 138 Å². The quantitative estimate of drug-likeness (QED) is 0.734. The average Bonchev–Trinajstić information content (AvgIpc) is 3.01. The van der Waals surface area contributed by atoms with E-state index in [0.29, 0.717) is 23.3 Å². The van der Waals surface area contributed by atoms with E-state index in [-0.39, 0.29) is 6.54 Å². The molecule has 0 spiro atoms. The molecule has 0 unspecified atom stereocenters. The maximum absolute atomic E-state index is 13.1. The molecule has 3 aromatic rings. The van der Waals surface area contributed by atoms with Crippen molar-refractivity contribution in [2.75, 3.05) is 5.32 Å². The van der Waals surface area contributed by atoms with Crippen LogP contribution in [0.25, 0.3) is 11.4 Å². The van der Waals surface area contributed by atoms with Crippen LogP contribution in [0.5, 0.6) is 0 Å². The second-order valence-electron chi connectivity index (χ2n) is 5.80. The summed E-state index contributed by atoms with van der Waals surface area (Å²) in [6, 6.07) is 11.2. The van der Waals surface area contributed by atoms with E-state index in [1.807, 2.05) is 24.3 Å². The summed E-state index contributed by atoms with van der Waals surface area (Å²) in [5.74, 6) is -0.0196. The number of benzene rings is 2. The van der Waals surface area contributed by atoms with E-state index in [4.69, 9.17) is 4.52 Å². The highest BCUT2D eigenvalue weighted by molar-refractivity contribution is 5.55. The summed E-state index contributed by atoms with van der Waals surface area (Å²) in [5.41, 5.74) is 2.40. The molecular formula is C18H17F2N3O. The maximum atomic E-state index is 13.1. The van der Waals surface area contributed by atoms with Crippen molar-refractivity contribution < 1.29 is 13.3 Å². The lowest BCUT2D eigenvalue weighted by Crippen LogP contribution is -2.00. The molecular weight excluding hydrogens is 312 g/mol. The van der Waals surface area contributed by atoms with Gasteiger partial charge in [-0.1, -0.05) is 43.3 Å². The molecule has 3 rings (SSSR count). The molecule has 0 amide bonds. The number of nitrogens with zero attached hydrogens (tertiary/aromatic N) is 2. The minimum Gasteiger partial charge on any atom is -0.376 e. The summed E-state index contributed by atoms with van der Waals surface area (Å²) in [4.78, 5) is 4.29. The third kappa shape index (κ3) is 3.76. The van der Waals surface area contributed by atoms with Gasteiger partial charge in [0.1, 0.15) is 11.6 Å². The van der Waals surface area contributed by atoms with Crippen LogP contribution in [0.15, 0.2) is 47.0 Å². The Morgan fingerprint density at radius 1 is 1.04 bits per heavy atom. The summed E-state index contributed by atoms with van der Waals surface area (Å²) in [5, 5.41) is 6.79. The maximum Gasteiger partial charge on any atom is 0.246 e. The number of nitrogens with one attached hydrogen (secondary N) is 1. The summed E-state index contributed by atoms with van der Waals surface area (Å²) in [6.45, 7) is 4.44. The predicted octanol–water partition coefficient (Wildman–Crippen LogP) is 4.75. The molecule has 0 aliphatic carbocycles. The second-order valence-corrected chi connectivity index (χ2v) is 5.80. The first kappa shape index (κ1) is 16.1. The molecule has 4 nitrogen and oxygen atoms in total. The smallest absolute Gasteiger partial charge is 0.246 e. The Balaban J connectivity index is 1.69. The molecule has 1 N–H and O–H groups in total. The highest BCUT2D eigenvalue weighted by Crippen LogP contribution is 2.21. The van der Waals surface area contributed by atoms with Gasteiger partial charge in [0, 0.05) is 17.3 Å². The molecule has 1 heterocycles. The van der Waals surface area contributed by atoms with Crippen LogP contribution in [0.3, 0.4) is 0 Å². The Kier molecular flexibility index (Phi) is 4.55. The number of anilines is 1. The first-order valence-electron chi connectivity index (χ1n) is 7.64. The molecule has 1 aromatic heterocycles. The Bertz CT molecular complexity index is 808. The largest absolute Gasteiger partial charge is 0.376 e. The van der Waals surface area contributed by atoms with Gasteiger partial charge in [-0.2, -0.15) is 4.98 Å². The third-order valence-electron chi connectivity index (χ3n) is 3.61. The van der Waals surface area contributed by atoms with Crippen LogP contribution in [0, 0.1) is 11.6 Å². The zero-order chi connectivity index (χ0) is 17.1. The summed E-state index contributed by atoms with van der Waals surface area (Å²) >= 11 is 0. The standard InChI is InChI=1S/C18H17F2N3O/c1-11(2)12-3-5-13(6-4-12)18-22-17(24-23-18)10-21-16-8-14(19)7-15(20)9-16/h3-9,11,21H,10H2,1-2H3. The minimum atomic E-state index is -0.644. The van der Waals surface area contributed by atoms with Crippen molar-refractivity contribution in [3.8, 4) is 11.4 Å². The minimum absolute atomic E-state index is 0.181. The van der Waals surface area contributed by atoms with E-state index < -0.39 is 11.6 Å². The number of hydrogen-bond donors (Lipinski definition) is 1. The SMILES string of the molecule is CC(C)c1ccc(-c2noc(CNc3cc(F)cc(F)c3)n2)cc1. The van der Waals surface area contributed by atoms with Gasteiger partial charge >= 0.3 is 0 Å². The van der Waals surface area contributed by atoms with Gasteiger partial charge in [0.15, 0.2) is 0 Å². The van der Waals surface area contributed by atoms with Crippen LogP contribution in [0.1, 0.15) is 31.2 Å². The van der Waals surface area contributed by atoms with Gasteiger partial charge in [-0.25, -0.2) is 8.78 Å². The van der Waals surface area contributed by atoms with Crippen molar-refractivity contribution in [2.45, 2.75) is 26.3 Å². The van der Waals surface area contributed by atoms with Gasteiger partial charge in [-0.3, -0.25) is 0 Å². The third-order valence-corrected chi connectivity index (χ3v) is 3.61. The highest BCUT2D eigenvalue weighted by Gasteiger charge is 2.09. The lowest BCUT2D eigenvalue weighted by atomic mass is 10.0. The lowest BCUT2D eigenvalue weighted by molar-refractivity contribution is 0.384. The van der Waals surface area contributed by atoms with Crippen LogP contribution in [-0.4, -0.2) is 10.1 Å². The molecule has 0 radical (unpaired) electrons. The van der Waals surface area contributed by atoms with Gasteiger partial charge < -0.3 is 9.84 Å². The van der Waals surface area contributed by atoms with Crippen molar-refractivity contribution in [1.82, 2.24) is 10.1 Å². The highest BCUT2D eigenvalue weighted by atomic mass is 19.1. The summed E-state index contributed by atoms with van der Waals surface area (Å²) in [7, 11) is 0. The molecule has 0 aliphatic rings. The topological polar surface area (TPSA) is 51.0 Å². The van der Waals surface area contributed by atoms with Crippen LogP contribution < -0.4 is 5.32 Å². The van der Waals surface area contributed by atoms with E-state index >= 15 is 0 Å². The van der Waals surface area contributed by atoms with E-state index in [2.05, 4.69) is 29.3 Å². The molecule has 0 fully saturated rings. The molecule has 0 aliphatic heterocycles. The van der Waals surface area contributed by atoms with Gasteiger partial charge in [0.2, 0.25) is 11.7 Å². The fourth-order valence-electron chi connectivity index (χ4n) is 2.29. The molecule has 24 heavy (non-hydrogen) atoms. The molecule has 0 bridgehead atoms. The number of halogens is 2. The molecule has 6 heteroatoms. The first-order chi connectivity index (χ1) is 11.5. The molecule has 0 atom stereocenters. The Hall–Kier alpha value is -2.76. The van der Waals surface area contributed by atoms with Crippen molar-refractivity contribution in [3.05, 3.63) is 65.6 Å². The van der Waals surface area contributed by atoms with E-state index in [0.717, 1.165) is 11.6 Å². The van der Waals surface area contributed by atoms with E-state index in [1.165, 1.54) is 17.7 Å². The summed E-state index contributed by atoms with van der Waals surface area (Å²) < 4.78 is 31.4. The normalized spacial score (nSPS) is 11.0. The van der Waals surface area contributed by atoms with Crippen molar-refractivity contribution >= 4 is 5.69 Å². The monoisotopic (exact) mass is 329 g/mol. The van der Waals surface area contributed by atoms with Gasteiger partial charge in [-0.15, -0.1) is 0 Å². The van der Waals surface area contributed by atoms with Crippen molar-refractivity contribution in [1.29, 1.82) is 0 Å². The predicted molar refractivity (Wildman–Crippen MR) is 87.5 cm³/mol. The van der Waals surface area contributed by atoms with Crippen molar-refractivity contribution in [3.63, 3.8) is 0 Å². The van der Waals surface area contributed by atoms with Gasteiger partial charge in [0.25, 0.3) is 0 Å². The Morgan fingerprint density at radius 3 is 2.33 bits per heavy atom. The van der Waals surface area contributed by atoms with Crippen molar-refractivity contribution in [2.24, 2.45) is 0 Å². The lowest BCUT2D eigenvalue weighted by Gasteiger charge is -2.04. The fourth-order valence-corrected chi connectivity index (χ4v) is 2.29. The average molecular weight is 329 g/mol. The molecule has 0 saturated carbocycles. The van der Waals surface area contributed by atoms with Gasteiger partial charge in [-0.05, 0) is 23.6 Å². The van der Waals surface area contributed by atoms with Crippen LogP contribution in [0.4, 0.5) is 14.5 Å². The van der Waals surface area contributed by atoms with E-state index in [9.17, 15) is 8.78 Å². The fraction of sp³-hybridized carbons (Fsp3) is 0.222. The number of hydrogen-bond acceptors (Lipinski definition) is 4.